The Morgan fingerprint density at radius 2 is 2.10 bits per heavy atom. The van der Waals surface area contributed by atoms with E-state index in [4.69, 9.17) is 0 Å². The Morgan fingerprint density at radius 1 is 1.30 bits per heavy atom. The van der Waals surface area contributed by atoms with Gasteiger partial charge >= 0.3 is 0 Å². The number of rotatable bonds is 5. The van der Waals surface area contributed by atoms with Gasteiger partial charge in [-0.3, -0.25) is 4.98 Å². The summed E-state index contributed by atoms with van der Waals surface area (Å²) in [6.07, 6.45) is 2.54. The molecular weight excluding hydrogens is 244 g/mol. The summed E-state index contributed by atoms with van der Waals surface area (Å²) in [6, 6.07) is 11.5. The zero-order chi connectivity index (χ0) is 14.1. The van der Waals surface area contributed by atoms with Gasteiger partial charge in [0.2, 0.25) is 0 Å². The topological polar surface area (TPSA) is 24.9 Å². The number of nitrogens with zero attached hydrogens (tertiary/aromatic N) is 1. The summed E-state index contributed by atoms with van der Waals surface area (Å²) in [5.41, 5.74) is 3.61. The van der Waals surface area contributed by atoms with Gasteiger partial charge in [0, 0.05) is 17.1 Å². The molecule has 3 atom stereocenters. The van der Waals surface area contributed by atoms with Crippen molar-refractivity contribution in [3.8, 4) is 0 Å². The average Bonchev–Trinajstić information content (AvgIpc) is 3.16. The maximum atomic E-state index is 4.59. The minimum Gasteiger partial charge on any atom is -0.310 e. The van der Waals surface area contributed by atoms with Gasteiger partial charge in [0.1, 0.15) is 0 Å². The van der Waals surface area contributed by atoms with Crippen LogP contribution in [0.4, 0.5) is 0 Å². The van der Waals surface area contributed by atoms with Crippen molar-refractivity contribution in [1.82, 2.24) is 10.3 Å². The first-order valence-corrected chi connectivity index (χ1v) is 7.79. The number of aryl methyl sites for hydroxylation is 1. The second-order valence-electron chi connectivity index (χ2n) is 6.21. The first-order valence-electron chi connectivity index (χ1n) is 7.79. The van der Waals surface area contributed by atoms with Crippen molar-refractivity contribution < 1.29 is 0 Å². The van der Waals surface area contributed by atoms with Crippen molar-refractivity contribution in [2.45, 2.75) is 39.7 Å². The maximum Gasteiger partial charge on any atom is 0.0705 e. The quantitative estimate of drug-likeness (QED) is 0.877. The van der Waals surface area contributed by atoms with Crippen LogP contribution in [0.15, 0.2) is 30.3 Å². The molecule has 2 heteroatoms. The minimum atomic E-state index is 0.510. The summed E-state index contributed by atoms with van der Waals surface area (Å²) in [7, 11) is 0. The van der Waals surface area contributed by atoms with Gasteiger partial charge in [-0.25, -0.2) is 0 Å². The Bertz CT molecular complexity index is 605. The van der Waals surface area contributed by atoms with E-state index in [-0.39, 0.29) is 0 Å². The van der Waals surface area contributed by atoms with Crippen LogP contribution in [-0.4, -0.2) is 11.5 Å². The summed E-state index contributed by atoms with van der Waals surface area (Å²) >= 11 is 0. The van der Waals surface area contributed by atoms with Crippen LogP contribution in [0, 0.1) is 18.8 Å². The molecule has 1 aliphatic carbocycles. The molecule has 1 N–H and O–H groups in total. The van der Waals surface area contributed by atoms with Crippen molar-refractivity contribution in [1.29, 1.82) is 0 Å². The third kappa shape index (κ3) is 2.71. The standard InChI is InChI=1S/C18H24N2/c1-4-9-19-18(16-10-12(16)2)15-7-8-17-14(11-15)6-5-13(3)20-17/h5-8,11-12,16,18-19H,4,9-10H2,1-3H3. The zero-order valence-corrected chi connectivity index (χ0v) is 12.7. The molecule has 0 bridgehead atoms. The fourth-order valence-electron chi connectivity index (χ4n) is 3.07. The Morgan fingerprint density at radius 3 is 2.80 bits per heavy atom. The highest BCUT2D eigenvalue weighted by molar-refractivity contribution is 5.79. The van der Waals surface area contributed by atoms with Gasteiger partial charge in [-0.1, -0.05) is 26.0 Å². The van der Waals surface area contributed by atoms with Crippen LogP contribution >= 0.6 is 0 Å². The molecule has 106 valence electrons. The molecule has 2 aromatic rings. The third-order valence-corrected chi connectivity index (χ3v) is 4.43. The molecule has 0 amide bonds. The predicted octanol–water partition coefficient (Wildman–Crippen LogP) is 4.24. The number of nitrogens with one attached hydrogen (secondary N) is 1. The number of hydrogen-bond acceptors (Lipinski definition) is 2. The lowest BCUT2D eigenvalue weighted by atomic mass is 9.99. The smallest absolute Gasteiger partial charge is 0.0705 e. The molecule has 0 saturated heterocycles. The molecule has 3 rings (SSSR count). The van der Waals surface area contributed by atoms with Gasteiger partial charge in [0.15, 0.2) is 0 Å². The molecule has 0 aliphatic heterocycles. The second-order valence-corrected chi connectivity index (χ2v) is 6.21. The molecule has 1 aliphatic rings. The van der Waals surface area contributed by atoms with Crippen LogP contribution < -0.4 is 5.32 Å². The van der Waals surface area contributed by atoms with E-state index in [0.29, 0.717) is 6.04 Å². The molecule has 3 unspecified atom stereocenters. The normalized spacial score (nSPS) is 22.9. The number of aromatic nitrogens is 1. The molecule has 1 fully saturated rings. The number of fused-ring (bicyclic) bond motifs is 1. The monoisotopic (exact) mass is 268 g/mol. The molecular formula is C18H24N2. The van der Waals surface area contributed by atoms with E-state index in [1.54, 1.807) is 0 Å². The van der Waals surface area contributed by atoms with Crippen molar-refractivity contribution in [2.24, 2.45) is 11.8 Å². The highest BCUT2D eigenvalue weighted by Gasteiger charge is 2.39. The minimum absolute atomic E-state index is 0.510. The lowest BCUT2D eigenvalue weighted by Crippen LogP contribution is -2.24. The fraction of sp³-hybridized carbons (Fsp3) is 0.500. The van der Waals surface area contributed by atoms with Crippen LogP contribution in [-0.2, 0) is 0 Å². The van der Waals surface area contributed by atoms with Gasteiger partial charge in [0.05, 0.1) is 5.52 Å². The van der Waals surface area contributed by atoms with Crippen LogP contribution in [0.25, 0.3) is 10.9 Å². The molecule has 2 nitrogen and oxygen atoms in total. The predicted molar refractivity (Wildman–Crippen MR) is 84.8 cm³/mol. The van der Waals surface area contributed by atoms with E-state index < -0.39 is 0 Å². The Kier molecular flexibility index (Phi) is 3.75. The Labute approximate surface area is 121 Å². The molecule has 0 radical (unpaired) electrons. The van der Waals surface area contributed by atoms with E-state index >= 15 is 0 Å². The van der Waals surface area contributed by atoms with Crippen molar-refractivity contribution in [3.05, 3.63) is 41.6 Å². The zero-order valence-electron chi connectivity index (χ0n) is 12.7. The van der Waals surface area contributed by atoms with E-state index in [1.165, 1.54) is 23.8 Å². The highest BCUT2D eigenvalue weighted by atomic mass is 14.9. The van der Waals surface area contributed by atoms with Gasteiger partial charge in [-0.2, -0.15) is 0 Å². The summed E-state index contributed by atoms with van der Waals surface area (Å²) in [5, 5.41) is 4.99. The highest BCUT2D eigenvalue weighted by Crippen LogP contribution is 2.47. The molecule has 0 spiro atoms. The number of pyridine rings is 1. The Balaban J connectivity index is 1.91. The second kappa shape index (κ2) is 5.53. The average molecular weight is 268 g/mol. The van der Waals surface area contributed by atoms with E-state index in [1.807, 2.05) is 6.92 Å². The van der Waals surface area contributed by atoms with E-state index in [9.17, 15) is 0 Å². The van der Waals surface area contributed by atoms with Crippen molar-refractivity contribution in [3.63, 3.8) is 0 Å². The molecule has 20 heavy (non-hydrogen) atoms. The summed E-state index contributed by atoms with van der Waals surface area (Å²) < 4.78 is 0. The largest absolute Gasteiger partial charge is 0.310 e. The summed E-state index contributed by atoms with van der Waals surface area (Å²) in [5.74, 6) is 1.66. The summed E-state index contributed by atoms with van der Waals surface area (Å²) in [4.78, 5) is 4.59. The Hall–Kier alpha value is -1.41. The van der Waals surface area contributed by atoms with Crippen molar-refractivity contribution >= 4 is 10.9 Å². The molecule has 1 heterocycles. The first-order chi connectivity index (χ1) is 9.69. The van der Waals surface area contributed by atoms with Crippen LogP contribution in [0.3, 0.4) is 0 Å². The third-order valence-electron chi connectivity index (χ3n) is 4.43. The molecule has 1 aromatic heterocycles. The van der Waals surface area contributed by atoms with Gasteiger partial charge in [0.25, 0.3) is 0 Å². The van der Waals surface area contributed by atoms with Crippen LogP contribution in [0.1, 0.15) is 44.0 Å². The van der Waals surface area contributed by atoms with Gasteiger partial charge < -0.3 is 5.32 Å². The SMILES string of the molecule is CCCNC(c1ccc2nc(C)ccc2c1)C1CC1C. The number of hydrogen-bond donors (Lipinski definition) is 1. The van der Waals surface area contributed by atoms with Crippen LogP contribution in [0.2, 0.25) is 0 Å². The number of benzene rings is 1. The van der Waals surface area contributed by atoms with Crippen molar-refractivity contribution in [2.75, 3.05) is 6.54 Å². The first kappa shape index (κ1) is 13.6. The summed E-state index contributed by atoms with van der Waals surface area (Å²) in [6.45, 7) is 7.73. The van der Waals surface area contributed by atoms with Gasteiger partial charge in [-0.15, -0.1) is 0 Å². The molecule has 1 aromatic carbocycles. The molecule has 1 saturated carbocycles. The maximum absolute atomic E-state index is 4.59. The van der Waals surface area contributed by atoms with Gasteiger partial charge in [-0.05, 0) is 61.9 Å². The van der Waals surface area contributed by atoms with Crippen LogP contribution in [0.5, 0.6) is 0 Å². The lowest BCUT2D eigenvalue weighted by molar-refractivity contribution is 0.463. The fourth-order valence-corrected chi connectivity index (χ4v) is 3.07. The van der Waals surface area contributed by atoms with E-state index in [2.05, 4.69) is 54.5 Å². The lowest BCUT2D eigenvalue weighted by Gasteiger charge is -2.19. The van der Waals surface area contributed by atoms with E-state index in [0.717, 1.165) is 29.6 Å².